The van der Waals surface area contributed by atoms with Crippen LogP contribution in [0.25, 0.3) is 11.1 Å². The fourth-order valence-corrected chi connectivity index (χ4v) is 2.37. The van der Waals surface area contributed by atoms with E-state index in [1.165, 1.54) is 11.1 Å². The van der Waals surface area contributed by atoms with Crippen LogP contribution in [-0.4, -0.2) is 11.5 Å². The minimum Gasteiger partial charge on any atom is -0.441 e. The molecule has 2 aromatic rings. The maximum atomic E-state index is 5.54. The van der Waals surface area contributed by atoms with Crippen molar-refractivity contribution in [2.24, 2.45) is 0 Å². The first-order valence-corrected chi connectivity index (χ1v) is 5.38. The van der Waals surface area contributed by atoms with Crippen molar-refractivity contribution in [1.29, 1.82) is 0 Å². The lowest BCUT2D eigenvalue weighted by Gasteiger charge is -2.23. The van der Waals surface area contributed by atoms with Gasteiger partial charge < -0.3 is 9.73 Å². The summed E-state index contributed by atoms with van der Waals surface area (Å²) in [4.78, 5) is 4.47. The van der Waals surface area contributed by atoms with Crippen LogP contribution < -0.4 is 5.32 Å². The average molecular weight is 202 g/mol. The molecule has 78 valence electrons. The number of nitrogens with one attached hydrogen (secondary N) is 1. The van der Waals surface area contributed by atoms with E-state index in [9.17, 15) is 0 Å². The lowest BCUT2D eigenvalue weighted by molar-refractivity contribution is 0.542. The second-order valence-electron chi connectivity index (χ2n) is 4.14. The first-order valence-electron chi connectivity index (χ1n) is 5.38. The molecule has 1 aliphatic heterocycles. The third-order valence-electron chi connectivity index (χ3n) is 3.10. The van der Waals surface area contributed by atoms with Crippen LogP contribution in [0.15, 0.2) is 16.5 Å². The van der Waals surface area contributed by atoms with Gasteiger partial charge in [0.25, 0.3) is 0 Å². The summed E-state index contributed by atoms with van der Waals surface area (Å²) >= 11 is 0. The molecular formula is C12H14N2O. The molecule has 1 aromatic carbocycles. The number of aryl methyl sites for hydroxylation is 1. The van der Waals surface area contributed by atoms with Crippen molar-refractivity contribution >= 4 is 11.1 Å². The van der Waals surface area contributed by atoms with E-state index in [1.54, 1.807) is 0 Å². The number of aromatic nitrogens is 1. The Morgan fingerprint density at radius 2 is 2.33 bits per heavy atom. The minimum absolute atomic E-state index is 0.426. The maximum absolute atomic E-state index is 5.54. The molecule has 1 unspecified atom stereocenters. The van der Waals surface area contributed by atoms with Gasteiger partial charge in [0, 0.05) is 13.0 Å². The molecule has 15 heavy (non-hydrogen) atoms. The number of hydrogen-bond donors (Lipinski definition) is 1. The third-order valence-corrected chi connectivity index (χ3v) is 3.10. The number of hydrogen-bond acceptors (Lipinski definition) is 3. The molecule has 0 spiro atoms. The van der Waals surface area contributed by atoms with Gasteiger partial charge in [0.05, 0.1) is 0 Å². The van der Waals surface area contributed by atoms with E-state index in [2.05, 4.69) is 23.3 Å². The Labute approximate surface area is 88.5 Å². The van der Waals surface area contributed by atoms with Gasteiger partial charge in [-0.3, -0.25) is 0 Å². The van der Waals surface area contributed by atoms with Crippen LogP contribution in [0, 0.1) is 6.92 Å². The van der Waals surface area contributed by atoms with E-state index >= 15 is 0 Å². The zero-order chi connectivity index (χ0) is 10.4. The first-order chi connectivity index (χ1) is 7.25. The van der Waals surface area contributed by atoms with Gasteiger partial charge >= 0.3 is 0 Å². The van der Waals surface area contributed by atoms with Crippen molar-refractivity contribution in [2.45, 2.75) is 26.3 Å². The van der Waals surface area contributed by atoms with Gasteiger partial charge in [-0.2, -0.15) is 0 Å². The molecule has 2 heterocycles. The predicted molar refractivity (Wildman–Crippen MR) is 58.9 cm³/mol. The summed E-state index contributed by atoms with van der Waals surface area (Å²) < 4.78 is 5.54. The molecule has 3 rings (SSSR count). The molecule has 0 aliphatic carbocycles. The topological polar surface area (TPSA) is 38.1 Å². The summed E-state index contributed by atoms with van der Waals surface area (Å²) in [6.45, 7) is 5.12. The van der Waals surface area contributed by atoms with Crippen LogP contribution in [-0.2, 0) is 6.42 Å². The summed E-state index contributed by atoms with van der Waals surface area (Å²) in [6, 6.07) is 4.60. The number of rotatable bonds is 0. The Bertz CT molecular complexity index is 516. The quantitative estimate of drug-likeness (QED) is 0.712. The Morgan fingerprint density at radius 1 is 1.47 bits per heavy atom. The molecule has 1 N–H and O–H groups in total. The summed E-state index contributed by atoms with van der Waals surface area (Å²) in [5.74, 6) is 0.754. The van der Waals surface area contributed by atoms with Gasteiger partial charge in [-0.1, -0.05) is 6.07 Å². The highest BCUT2D eigenvalue weighted by Crippen LogP contribution is 2.29. The lowest BCUT2D eigenvalue weighted by atomic mass is 9.94. The molecule has 0 saturated heterocycles. The van der Waals surface area contributed by atoms with Gasteiger partial charge in [0.2, 0.25) is 0 Å². The van der Waals surface area contributed by atoms with E-state index in [-0.39, 0.29) is 0 Å². The van der Waals surface area contributed by atoms with Gasteiger partial charge in [-0.25, -0.2) is 4.98 Å². The second kappa shape index (κ2) is 3.07. The average Bonchev–Trinajstić information content (AvgIpc) is 2.59. The fourth-order valence-electron chi connectivity index (χ4n) is 2.37. The van der Waals surface area contributed by atoms with E-state index in [4.69, 9.17) is 4.42 Å². The van der Waals surface area contributed by atoms with Crippen molar-refractivity contribution in [2.75, 3.05) is 6.54 Å². The first kappa shape index (κ1) is 8.92. The van der Waals surface area contributed by atoms with Crippen molar-refractivity contribution in [3.05, 3.63) is 29.2 Å². The van der Waals surface area contributed by atoms with Crippen LogP contribution in [0.5, 0.6) is 0 Å². The van der Waals surface area contributed by atoms with Gasteiger partial charge in [-0.15, -0.1) is 0 Å². The predicted octanol–water partition coefficient (Wildman–Crippen LogP) is 2.34. The van der Waals surface area contributed by atoms with Gasteiger partial charge in [-0.05, 0) is 37.1 Å². The lowest BCUT2D eigenvalue weighted by Crippen LogP contribution is -2.27. The molecular weight excluding hydrogens is 188 g/mol. The Kier molecular flexibility index (Phi) is 1.83. The van der Waals surface area contributed by atoms with E-state index in [0.29, 0.717) is 6.04 Å². The van der Waals surface area contributed by atoms with Crippen LogP contribution in [0.4, 0.5) is 0 Å². The summed E-state index contributed by atoms with van der Waals surface area (Å²) in [5, 5.41) is 3.45. The minimum atomic E-state index is 0.426. The van der Waals surface area contributed by atoms with Crippen LogP contribution in [0.3, 0.4) is 0 Å². The highest BCUT2D eigenvalue weighted by Gasteiger charge is 2.19. The standard InChI is InChI=1S/C12H14N2O/c1-7-9-3-4-11-12(14-8(2)15-11)10(9)5-6-13-7/h3-4,7,13H,5-6H2,1-2H3. The van der Waals surface area contributed by atoms with Crippen LogP contribution in [0.2, 0.25) is 0 Å². The third kappa shape index (κ3) is 1.27. The molecule has 1 aliphatic rings. The SMILES string of the molecule is Cc1nc2c3c(ccc2o1)C(C)NCC3. The fraction of sp³-hybridized carbons (Fsp3) is 0.417. The molecule has 3 heteroatoms. The summed E-state index contributed by atoms with van der Waals surface area (Å²) in [6.07, 6.45) is 1.04. The Morgan fingerprint density at radius 3 is 3.20 bits per heavy atom. The van der Waals surface area contributed by atoms with Crippen LogP contribution in [0.1, 0.15) is 30.0 Å². The van der Waals surface area contributed by atoms with E-state index < -0.39 is 0 Å². The van der Waals surface area contributed by atoms with Crippen molar-refractivity contribution < 1.29 is 4.42 Å². The molecule has 0 fully saturated rings. The van der Waals surface area contributed by atoms with Crippen molar-refractivity contribution in [1.82, 2.24) is 10.3 Å². The zero-order valence-corrected chi connectivity index (χ0v) is 9.00. The molecule has 1 aromatic heterocycles. The molecule has 0 radical (unpaired) electrons. The zero-order valence-electron chi connectivity index (χ0n) is 9.00. The second-order valence-corrected chi connectivity index (χ2v) is 4.14. The molecule has 1 atom stereocenters. The smallest absolute Gasteiger partial charge is 0.192 e. The number of oxazole rings is 1. The van der Waals surface area contributed by atoms with Gasteiger partial charge in [0.15, 0.2) is 11.5 Å². The Hall–Kier alpha value is -1.35. The maximum Gasteiger partial charge on any atom is 0.192 e. The van der Waals surface area contributed by atoms with Crippen molar-refractivity contribution in [3.63, 3.8) is 0 Å². The number of fused-ring (bicyclic) bond motifs is 3. The van der Waals surface area contributed by atoms with Crippen molar-refractivity contribution in [3.8, 4) is 0 Å². The highest BCUT2D eigenvalue weighted by molar-refractivity contribution is 5.78. The largest absolute Gasteiger partial charge is 0.441 e. The number of nitrogens with zero attached hydrogens (tertiary/aromatic N) is 1. The monoisotopic (exact) mass is 202 g/mol. The highest BCUT2D eigenvalue weighted by atomic mass is 16.3. The van der Waals surface area contributed by atoms with E-state index in [1.807, 2.05) is 13.0 Å². The molecule has 0 saturated carbocycles. The Balaban J connectivity index is 2.32. The molecule has 0 bridgehead atoms. The molecule has 0 amide bonds. The summed E-state index contributed by atoms with van der Waals surface area (Å²) in [7, 11) is 0. The number of benzene rings is 1. The van der Waals surface area contributed by atoms with E-state index in [0.717, 1.165) is 30.0 Å². The molecule has 3 nitrogen and oxygen atoms in total. The summed E-state index contributed by atoms with van der Waals surface area (Å²) in [5.41, 5.74) is 4.69. The normalized spacial score (nSPS) is 20.5. The van der Waals surface area contributed by atoms with Crippen LogP contribution >= 0.6 is 0 Å². The van der Waals surface area contributed by atoms with Gasteiger partial charge in [0.1, 0.15) is 5.52 Å².